The molecule has 0 aromatic heterocycles. The van der Waals surface area contributed by atoms with Crippen LogP contribution in [0.5, 0.6) is 0 Å². The van der Waals surface area contributed by atoms with Crippen LogP contribution in [0.15, 0.2) is 0 Å². The molecule has 1 saturated heterocycles. The first kappa shape index (κ1) is 12.0. The van der Waals surface area contributed by atoms with Gasteiger partial charge in [0.25, 0.3) is 0 Å². The number of nitrogens with zero attached hydrogens (tertiary/aromatic N) is 1. The number of hydrogen-bond donors (Lipinski definition) is 2. The summed E-state index contributed by atoms with van der Waals surface area (Å²) < 4.78 is 0. The lowest BCUT2D eigenvalue weighted by Crippen LogP contribution is -2.48. The zero-order valence-corrected chi connectivity index (χ0v) is 9.50. The fourth-order valence-corrected chi connectivity index (χ4v) is 2.88. The molecule has 0 aromatic rings. The van der Waals surface area contributed by atoms with Crippen LogP contribution in [-0.4, -0.2) is 45.5 Å². The second-order valence-corrected chi connectivity index (χ2v) is 4.87. The van der Waals surface area contributed by atoms with Crippen molar-refractivity contribution in [2.45, 2.75) is 25.8 Å². The minimum atomic E-state index is -1.43. The van der Waals surface area contributed by atoms with Gasteiger partial charge < -0.3 is 10.2 Å². The Kier molecular flexibility index (Phi) is 2.91. The molecule has 2 aliphatic rings. The molecule has 1 saturated carbocycles. The molecule has 1 heterocycles. The normalized spacial score (nSPS) is 34.0. The molecule has 2 N–H and O–H groups in total. The summed E-state index contributed by atoms with van der Waals surface area (Å²) in [4.78, 5) is 35.6. The Labute approximate surface area is 98.2 Å². The molecular weight excluding hydrogens is 226 g/mol. The molecule has 6 heteroatoms. The maximum absolute atomic E-state index is 12.0. The minimum Gasteiger partial charge on any atom is -0.480 e. The van der Waals surface area contributed by atoms with Crippen LogP contribution in [0, 0.1) is 17.8 Å². The van der Waals surface area contributed by atoms with E-state index in [4.69, 9.17) is 10.2 Å². The van der Waals surface area contributed by atoms with Crippen molar-refractivity contribution in [2.24, 2.45) is 17.8 Å². The predicted octanol–water partition coefficient (Wildman–Crippen LogP) is -0.537. The van der Waals surface area contributed by atoms with Crippen LogP contribution < -0.4 is 0 Å². The highest BCUT2D eigenvalue weighted by molar-refractivity contribution is 6.08. The van der Waals surface area contributed by atoms with Crippen molar-refractivity contribution < 1.29 is 24.6 Å². The molecule has 3 atom stereocenters. The largest absolute Gasteiger partial charge is 0.480 e. The van der Waals surface area contributed by atoms with Crippen LogP contribution in [0.3, 0.4) is 0 Å². The summed E-state index contributed by atoms with van der Waals surface area (Å²) in [6.45, 7) is 1.24. The van der Waals surface area contributed by atoms with E-state index in [2.05, 4.69) is 0 Å². The van der Waals surface area contributed by atoms with E-state index >= 15 is 0 Å². The van der Waals surface area contributed by atoms with Crippen molar-refractivity contribution in [3.63, 3.8) is 0 Å². The number of aliphatic hydroxyl groups excluding tert-OH is 1. The number of rotatable bonds is 3. The average Bonchev–Trinajstić information content (AvgIpc) is 2.73. The first-order chi connectivity index (χ1) is 7.97. The van der Waals surface area contributed by atoms with Gasteiger partial charge in [0.05, 0.1) is 18.4 Å². The number of imide groups is 1. The number of carboxylic acid groups (broad SMARTS) is 1. The fraction of sp³-hybridized carbons (Fsp3) is 0.727. The molecule has 94 valence electrons. The third-order valence-corrected chi connectivity index (χ3v) is 3.68. The lowest BCUT2D eigenvalue weighted by atomic mass is 10.00. The molecule has 6 nitrogen and oxygen atoms in total. The Hall–Kier alpha value is -1.43. The molecular formula is C11H15NO5. The molecule has 1 aliphatic carbocycles. The van der Waals surface area contributed by atoms with E-state index in [0.717, 1.165) is 4.90 Å². The molecule has 0 radical (unpaired) electrons. The first-order valence-corrected chi connectivity index (χ1v) is 5.68. The van der Waals surface area contributed by atoms with Crippen LogP contribution in [0.25, 0.3) is 0 Å². The summed E-state index contributed by atoms with van der Waals surface area (Å²) in [7, 11) is 0. The van der Waals surface area contributed by atoms with Gasteiger partial charge in [-0.1, -0.05) is 6.92 Å². The van der Waals surface area contributed by atoms with Crippen molar-refractivity contribution in [1.29, 1.82) is 0 Å². The molecule has 3 unspecified atom stereocenters. The Bertz CT molecular complexity index is 356. The van der Waals surface area contributed by atoms with Crippen molar-refractivity contribution in [2.75, 3.05) is 6.61 Å². The second-order valence-electron chi connectivity index (χ2n) is 4.87. The van der Waals surface area contributed by atoms with Gasteiger partial charge in [0.1, 0.15) is 0 Å². The van der Waals surface area contributed by atoms with E-state index in [9.17, 15) is 14.4 Å². The van der Waals surface area contributed by atoms with Crippen molar-refractivity contribution >= 4 is 17.8 Å². The fourth-order valence-electron chi connectivity index (χ4n) is 2.88. The van der Waals surface area contributed by atoms with Crippen LogP contribution >= 0.6 is 0 Å². The number of carboxylic acids is 1. The lowest BCUT2D eigenvalue weighted by Gasteiger charge is -2.22. The maximum Gasteiger partial charge on any atom is 0.329 e. The summed E-state index contributed by atoms with van der Waals surface area (Å²) in [6.07, 6.45) is 1.26. The number of carbonyl (C=O) groups is 3. The SMILES string of the molecule is CC1CC2C(=O)N(C(CO)C(=O)O)C(=O)C2C1. The summed E-state index contributed by atoms with van der Waals surface area (Å²) >= 11 is 0. The van der Waals surface area contributed by atoms with E-state index in [-0.39, 0.29) is 11.8 Å². The van der Waals surface area contributed by atoms with E-state index < -0.39 is 30.4 Å². The van der Waals surface area contributed by atoms with Gasteiger partial charge in [-0.3, -0.25) is 14.5 Å². The quantitative estimate of drug-likeness (QED) is 0.647. The Morgan fingerprint density at radius 1 is 1.35 bits per heavy atom. The highest BCUT2D eigenvalue weighted by Crippen LogP contribution is 2.43. The first-order valence-electron chi connectivity index (χ1n) is 5.68. The van der Waals surface area contributed by atoms with Gasteiger partial charge in [0.15, 0.2) is 6.04 Å². The standard InChI is InChI=1S/C11H15NO5/c1-5-2-6-7(3-5)10(15)12(9(6)14)8(4-13)11(16)17/h5-8,13H,2-4H2,1H3,(H,16,17). The number of hydrogen-bond acceptors (Lipinski definition) is 4. The number of carbonyl (C=O) groups excluding carboxylic acids is 2. The van der Waals surface area contributed by atoms with E-state index in [0.29, 0.717) is 18.8 Å². The van der Waals surface area contributed by atoms with Gasteiger partial charge in [-0.2, -0.15) is 0 Å². The lowest BCUT2D eigenvalue weighted by molar-refractivity contribution is -0.157. The second kappa shape index (κ2) is 4.10. The highest BCUT2D eigenvalue weighted by atomic mass is 16.4. The third kappa shape index (κ3) is 1.72. The molecule has 17 heavy (non-hydrogen) atoms. The molecule has 2 rings (SSSR count). The molecule has 0 aromatic carbocycles. The predicted molar refractivity (Wildman–Crippen MR) is 55.7 cm³/mol. The smallest absolute Gasteiger partial charge is 0.329 e. The van der Waals surface area contributed by atoms with Crippen LogP contribution in [0.1, 0.15) is 19.8 Å². The molecule has 2 amide bonds. The monoisotopic (exact) mass is 241 g/mol. The summed E-state index contributed by atoms with van der Waals surface area (Å²) in [5, 5.41) is 17.9. The van der Waals surface area contributed by atoms with Gasteiger partial charge in [0, 0.05) is 0 Å². The molecule has 2 fully saturated rings. The van der Waals surface area contributed by atoms with Gasteiger partial charge >= 0.3 is 5.97 Å². The third-order valence-electron chi connectivity index (χ3n) is 3.68. The van der Waals surface area contributed by atoms with Crippen LogP contribution in [0.4, 0.5) is 0 Å². The number of aliphatic carboxylic acids is 1. The minimum absolute atomic E-state index is 0.317. The Balaban J connectivity index is 2.25. The molecule has 0 spiro atoms. The molecule has 0 bridgehead atoms. The van der Waals surface area contributed by atoms with Crippen LogP contribution in [-0.2, 0) is 14.4 Å². The summed E-state index contributed by atoms with van der Waals surface area (Å²) in [6, 6.07) is -1.43. The number of likely N-dealkylation sites (tertiary alicyclic amines) is 1. The molecule has 1 aliphatic heterocycles. The van der Waals surface area contributed by atoms with Crippen molar-refractivity contribution in [3.05, 3.63) is 0 Å². The van der Waals surface area contributed by atoms with Gasteiger partial charge in [-0.15, -0.1) is 0 Å². The topological polar surface area (TPSA) is 94.9 Å². The zero-order chi connectivity index (χ0) is 12.7. The van der Waals surface area contributed by atoms with Gasteiger partial charge in [-0.05, 0) is 18.8 Å². The summed E-state index contributed by atoms with van der Waals surface area (Å²) in [5.41, 5.74) is 0. The summed E-state index contributed by atoms with van der Waals surface area (Å²) in [5.74, 6) is -2.67. The van der Waals surface area contributed by atoms with E-state index in [1.54, 1.807) is 0 Å². The van der Waals surface area contributed by atoms with E-state index in [1.807, 2.05) is 6.92 Å². The average molecular weight is 241 g/mol. The van der Waals surface area contributed by atoms with Gasteiger partial charge in [0.2, 0.25) is 11.8 Å². The number of amides is 2. The van der Waals surface area contributed by atoms with E-state index in [1.165, 1.54) is 0 Å². The zero-order valence-electron chi connectivity index (χ0n) is 9.50. The van der Waals surface area contributed by atoms with Crippen molar-refractivity contribution in [1.82, 2.24) is 4.90 Å². The maximum atomic E-state index is 12.0. The van der Waals surface area contributed by atoms with Gasteiger partial charge in [-0.25, -0.2) is 4.79 Å². The number of aliphatic hydroxyl groups is 1. The Morgan fingerprint density at radius 2 is 1.82 bits per heavy atom. The van der Waals surface area contributed by atoms with Crippen LogP contribution in [0.2, 0.25) is 0 Å². The number of fused-ring (bicyclic) bond motifs is 1. The van der Waals surface area contributed by atoms with Crippen molar-refractivity contribution in [3.8, 4) is 0 Å². The Morgan fingerprint density at radius 3 is 2.18 bits per heavy atom. The highest BCUT2D eigenvalue weighted by Gasteiger charge is 2.54.